The van der Waals surface area contributed by atoms with Gasteiger partial charge in [0.25, 0.3) is 0 Å². The van der Waals surface area contributed by atoms with E-state index in [0.29, 0.717) is 39.5 Å². The zero-order chi connectivity index (χ0) is 32.3. The topological polar surface area (TPSA) is 144 Å². The molecule has 12 nitrogen and oxygen atoms in total. The molecular weight excluding hydrogens is 647 g/mol. The lowest BCUT2D eigenvalue weighted by molar-refractivity contribution is 0.355. The zero-order valence-corrected chi connectivity index (χ0v) is 26.5. The third-order valence-electron chi connectivity index (χ3n) is 5.83. The predicted molar refractivity (Wildman–Crippen MR) is 171 cm³/mol. The second-order valence-electron chi connectivity index (χ2n) is 8.55. The summed E-state index contributed by atoms with van der Waals surface area (Å²) in [7, 11) is 6.34. The zero-order valence-electron chi connectivity index (χ0n) is 24.2. The van der Waals surface area contributed by atoms with Gasteiger partial charge in [0.15, 0.2) is 34.5 Å². The van der Waals surface area contributed by atoms with E-state index in [-0.39, 0.29) is 16.3 Å². The van der Waals surface area contributed by atoms with Crippen LogP contribution in [-0.2, 0) is 0 Å². The standard InChI is InChI=1S/C15H12ClN3O3.C11H10ClNO2.C4H3ClN2O/c1-20-13-5-10-11(6-14(13)21-2)17-4-3-12(10)22-9-7-18-15(16)19-8-9;1-14-10-5-7-8(12)3-4-13-9(7)6-11(10)15-2;5-4-6-1-3(8)2-7-4/h3-8H,1-2H3;3-6H,1-2H3;1-2,8H. The van der Waals surface area contributed by atoms with Crippen LogP contribution in [0.1, 0.15) is 0 Å². The Hall–Kier alpha value is -4.91. The smallest absolute Gasteiger partial charge is 0.222 e. The van der Waals surface area contributed by atoms with Crippen molar-refractivity contribution in [1.82, 2.24) is 29.9 Å². The van der Waals surface area contributed by atoms with Crippen LogP contribution in [0.3, 0.4) is 0 Å². The first-order valence-electron chi connectivity index (χ1n) is 12.7. The van der Waals surface area contributed by atoms with Gasteiger partial charge >= 0.3 is 0 Å². The number of pyridine rings is 2. The molecule has 2 aromatic carbocycles. The van der Waals surface area contributed by atoms with Gasteiger partial charge in [-0.2, -0.15) is 0 Å². The van der Waals surface area contributed by atoms with Crippen LogP contribution in [0.4, 0.5) is 0 Å². The van der Waals surface area contributed by atoms with Crippen LogP contribution in [0.15, 0.2) is 73.6 Å². The summed E-state index contributed by atoms with van der Waals surface area (Å²) in [6.07, 6.45) is 8.78. The highest BCUT2D eigenvalue weighted by Crippen LogP contribution is 2.37. The third-order valence-corrected chi connectivity index (χ3v) is 6.55. The molecular formula is C30H25Cl3N6O6. The SMILES string of the molecule is COc1cc2nccc(Cl)c2cc1OC.COc1cc2nccc(Oc3cnc(Cl)nc3)c2cc1OC.Oc1cnc(Cl)nc1. The summed E-state index contributed by atoms with van der Waals surface area (Å²) in [6.45, 7) is 0. The maximum Gasteiger partial charge on any atom is 0.222 e. The molecule has 0 amide bonds. The van der Waals surface area contributed by atoms with Crippen molar-refractivity contribution in [3.8, 4) is 40.2 Å². The fourth-order valence-electron chi connectivity index (χ4n) is 3.76. The van der Waals surface area contributed by atoms with E-state index in [9.17, 15) is 0 Å². The molecule has 6 aromatic rings. The van der Waals surface area contributed by atoms with Gasteiger partial charge in [-0.15, -0.1) is 0 Å². The first-order chi connectivity index (χ1) is 21.8. The Morgan fingerprint density at radius 1 is 0.533 bits per heavy atom. The maximum atomic E-state index is 8.57. The molecule has 1 N–H and O–H groups in total. The Kier molecular flexibility index (Phi) is 11.5. The molecule has 0 saturated carbocycles. The molecule has 4 heterocycles. The molecule has 0 saturated heterocycles. The van der Waals surface area contributed by atoms with Gasteiger partial charge in [0, 0.05) is 35.3 Å². The van der Waals surface area contributed by atoms with Crippen molar-refractivity contribution in [3.63, 3.8) is 0 Å². The predicted octanol–water partition coefficient (Wildman–Crippen LogP) is 7.23. The summed E-state index contributed by atoms with van der Waals surface area (Å²) < 4.78 is 26.8. The van der Waals surface area contributed by atoms with E-state index in [1.54, 1.807) is 65.1 Å². The van der Waals surface area contributed by atoms with Gasteiger partial charge < -0.3 is 28.8 Å². The van der Waals surface area contributed by atoms with E-state index >= 15 is 0 Å². The number of hydrogen-bond acceptors (Lipinski definition) is 12. The van der Waals surface area contributed by atoms with Crippen LogP contribution in [0, 0.1) is 0 Å². The minimum atomic E-state index is 0.0226. The van der Waals surface area contributed by atoms with Crippen LogP contribution in [0.5, 0.6) is 40.2 Å². The lowest BCUT2D eigenvalue weighted by atomic mass is 10.2. The fourth-order valence-corrected chi connectivity index (χ4v) is 4.16. The van der Waals surface area contributed by atoms with Gasteiger partial charge in [-0.1, -0.05) is 11.6 Å². The molecule has 0 atom stereocenters. The van der Waals surface area contributed by atoms with Crippen molar-refractivity contribution >= 4 is 56.6 Å². The molecule has 0 radical (unpaired) electrons. The van der Waals surface area contributed by atoms with Crippen molar-refractivity contribution < 1.29 is 28.8 Å². The van der Waals surface area contributed by atoms with E-state index in [1.165, 1.54) is 24.8 Å². The van der Waals surface area contributed by atoms with Gasteiger partial charge in [-0.05, 0) is 47.5 Å². The number of halogens is 3. The van der Waals surface area contributed by atoms with Crippen LogP contribution >= 0.6 is 34.8 Å². The summed E-state index contributed by atoms with van der Waals surface area (Å²) >= 11 is 17.0. The number of hydrogen-bond donors (Lipinski definition) is 1. The number of rotatable bonds is 6. The quantitative estimate of drug-likeness (QED) is 0.178. The van der Waals surface area contributed by atoms with Crippen LogP contribution in [0.2, 0.25) is 15.6 Å². The summed E-state index contributed by atoms with van der Waals surface area (Å²) in [5.74, 6) is 3.62. The number of ether oxygens (including phenoxy) is 5. The van der Waals surface area contributed by atoms with E-state index in [0.717, 1.165) is 21.8 Å². The maximum absolute atomic E-state index is 8.57. The van der Waals surface area contributed by atoms with Crippen molar-refractivity contribution in [2.75, 3.05) is 28.4 Å². The summed E-state index contributed by atoms with van der Waals surface area (Å²) in [4.78, 5) is 23.3. The van der Waals surface area contributed by atoms with E-state index in [1.807, 2.05) is 12.1 Å². The van der Waals surface area contributed by atoms with Gasteiger partial charge in [0.1, 0.15) is 5.75 Å². The molecule has 6 rings (SSSR count). The minimum Gasteiger partial charge on any atom is -0.505 e. The normalized spacial score (nSPS) is 10.2. The van der Waals surface area contributed by atoms with Gasteiger partial charge in [0.2, 0.25) is 10.6 Å². The summed E-state index contributed by atoms with van der Waals surface area (Å²) in [5, 5.41) is 11.2. The second-order valence-corrected chi connectivity index (χ2v) is 9.63. The van der Waals surface area contributed by atoms with Crippen molar-refractivity contribution in [2.45, 2.75) is 0 Å². The number of aromatic nitrogens is 6. The number of aromatic hydroxyl groups is 1. The molecule has 0 aliphatic heterocycles. The number of fused-ring (bicyclic) bond motifs is 2. The number of benzene rings is 2. The minimum absolute atomic E-state index is 0.0226. The molecule has 4 aromatic heterocycles. The van der Waals surface area contributed by atoms with E-state index < -0.39 is 0 Å². The molecule has 0 aliphatic rings. The Morgan fingerprint density at radius 2 is 0.978 bits per heavy atom. The highest BCUT2D eigenvalue weighted by atomic mass is 35.5. The van der Waals surface area contributed by atoms with E-state index in [4.69, 9.17) is 63.6 Å². The van der Waals surface area contributed by atoms with Crippen molar-refractivity contribution in [1.29, 1.82) is 0 Å². The molecule has 45 heavy (non-hydrogen) atoms. The third kappa shape index (κ3) is 8.60. The first kappa shape index (κ1) is 33.0. The van der Waals surface area contributed by atoms with Gasteiger partial charge in [-0.25, -0.2) is 19.9 Å². The Bertz CT molecular complexity index is 1860. The summed E-state index contributed by atoms with van der Waals surface area (Å²) in [6, 6.07) is 10.7. The molecule has 0 aliphatic carbocycles. The van der Waals surface area contributed by atoms with Crippen LogP contribution in [-0.4, -0.2) is 63.4 Å². The molecule has 0 unspecified atom stereocenters. The molecule has 0 spiro atoms. The summed E-state index contributed by atoms with van der Waals surface area (Å²) in [5.41, 5.74) is 1.52. The highest BCUT2D eigenvalue weighted by Gasteiger charge is 2.12. The Balaban J connectivity index is 0.000000172. The average molecular weight is 672 g/mol. The second kappa shape index (κ2) is 15.7. The molecule has 15 heteroatoms. The fraction of sp³-hybridized carbons (Fsp3) is 0.133. The monoisotopic (exact) mass is 670 g/mol. The highest BCUT2D eigenvalue weighted by molar-refractivity contribution is 6.35. The van der Waals surface area contributed by atoms with Crippen LogP contribution in [0.25, 0.3) is 21.8 Å². The lowest BCUT2D eigenvalue weighted by Gasteiger charge is -2.12. The average Bonchev–Trinajstić information content (AvgIpc) is 3.06. The molecule has 232 valence electrons. The first-order valence-corrected chi connectivity index (χ1v) is 13.9. The Labute approximate surface area is 272 Å². The van der Waals surface area contributed by atoms with Gasteiger partial charge in [0.05, 0.1) is 69.3 Å². The van der Waals surface area contributed by atoms with Crippen molar-refractivity contribution in [2.24, 2.45) is 0 Å². The van der Waals surface area contributed by atoms with Gasteiger partial charge in [-0.3, -0.25) is 9.97 Å². The van der Waals surface area contributed by atoms with Crippen LogP contribution < -0.4 is 23.7 Å². The number of nitrogens with zero attached hydrogens (tertiary/aromatic N) is 6. The van der Waals surface area contributed by atoms with Crippen molar-refractivity contribution in [3.05, 3.63) is 89.2 Å². The largest absolute Gasteiger partial charge is 0.505 e. The molecule has 0 fully saturated rings. The lowest BCUT2D eigenvalue weighted by Crippen LogP contribution is -1.94. The molecule has 0 bridgehead atoms. The Morgan fingerprint density at radius 3 is 1.49 bits per heavy atom. The van der Waals surface area contributed by atoms with E-state index in [2.05, 4.69) is 29.9 Å². The number of methoxy groups -OCH3 is 4.